The van der Waals surface area contributed by atoms with E-state index in [-0.39, 0.29) is 11.2 Å². The van der Waals surface area contributed by atoms with Crippen LogP contribution in [-0.4, -0.2) is 17.8 Å². The largest absolute Gasteiger partial charge is 0.466 e. The van der Waals surface area contributed by atoms with Crippen molar-refractivity contribution in [3.05, 3.63) is 29.8 Å². The number of esters is 1. The van der Waals surface area contributed by atoms with Crippen LogP contribution in [0.1, 0.15) is 25.8 Å². The van der Waals surface area contributed by atoms with Gasteiger partial charge in [-0.25, -0.2) is 0 Å². The zero-order valence-corrected chi connectivity index (χ0v) is 10.8. The lowest BCUT2D eigenvalue weighted by molar-refractivity contribution is -0.142. The van der Waals surface area contributed by atoms with E-state index in [0.29, 0.717) is 13.0 Å². The van der Waals surface area contributed by atoms with Crippen molar-refractivity contribution in [3.63, 3.8) is 0 Å². The standard InChI is InChI=1S/C13H18O2S/c1-4-15-13(14)9-11(3)16-12-8-6-5-7-10(12)2/h5-8,11H,4,9H2,1-3H3. The lowest BCUT2D eigenvalue weighted by Crippen LogP contribution is -2.10. The molecule has 16 heavy (non-hydrogen) atoms. The molecular weight excluding hydrogens is 220 g/mol. The second kappa shape index (κ2) is 6.59. The quantitative estimate of drug-likeness (QED) is 0.580. The van der Waals surface area contributed by atoms with Gasteiger partial charge in [-0.3, -0.25) is 4.79 Å². The van der Waals surface area contributed by atoms with Crippen LogP contribution < -0.4 is 0 Å². The molecule has 0 amide bonds. The molecule has 0 heterocycles. The van der Waals surface area contributed by atoms with Crippen LogP contribution >= 0.6 is 11.8 Å². The number of hydrogen-bond acceptors (Lipinski definition) is 3. The Morgan fingerprint density at radius 1 is 1.44 bits per heavy atom. The monoisotopic (exact) mass is 238 g/mol. The maximum absolute atomic E-state index is 11.3. The van der Waals surface area contributed by atoms with Crippen molar-refractivity contribution in [2.45, 2.75) is 37.3 Å². The summed E-state index contributed by atoms with van der Waals surface area (Å²) in [5.41, 5.74) is 1.25. The highest BCUT2D eigenvalue weighted by atomic mass is 32.2. The summed E-state index contributed by atoms with van der Waals surface area (Å²) < 4.78 is 4.93. The molecule has 0 saturated heterocycles. The first-order valence-electron chi connectivity index (χ1n) is 5.51. The maximum Gasteiger partial charge on any atom is 0.306 e. The number of thioether (sulfide) groups is 1. The molecule has 0 aliphatic heterocycles. The van der Waals surface area contributed by atoms with Crippen LogP contribution in [0, 0.1) is 6.92 Å². The number of benzene rings is 1. The molecule has 0 bridgehead atoms. The molecule has 0 saturated carbocycles. The number of rotatable bonds is 5. The Kier molecular flexibility index (Phi) is 5.39. The first-order valence-corrected chi connectivity index (χ1v) is 6.39. The van der Waals surface area contributed by atoms with E-state index < -0.39 is 0 Å². The number of hydrogen-bond donors (Lipinski definition) is 0. The average molecular weight is 238 g/mol. The van der Waals surface area contributed by atoms with Crippen molar-refractivity contribution in [1.82, 2.24) is 0 Å². The highest BCUT2D eigenvalue weighted by Crippen LogP contribution is 2.27. The molecule has 0 aliphatic rings. The molecule has 1 rings (SSSR count). The molecule has 3 heteroatoms. The Bertz CT molecular complexity index is 350. The molecule has 1 aromatic rings. The highest BCUT2D eigenvalue weighted by Gasteiger charge is 2.11. The Morgan fingerprint density at radius 2 is 2.12 bits per heavy atom. The molecule has 0 spiro atoms. The third-order valence-corrected chi connectivity index (χ3v) is 3.46. The van der Waals surface area contributed by atoms with Crippen LogP contribution in [0.4, 0.5) is 0 Å². The third-order valence-electron chi connectivity index (χ3n) is 2.18. The minimum Gasteiger partial charge on any atom is -0.466 e. The van der Waals surface area contributed by atoms with Crippen LogP contribution in [0.2, 0.25) is 0 Å². The second-order valence-corrected chi connectivity index (χ2v) is 5.18. The van der Waals surface area contributed by atoms with Crippen molar-refractivity contribution in [1.29, 1.82) is 0 Å². The minimum absolute atomic E-state index is 0.115. The van der Waals surface area contributed by atoms with Crippen LogP contribution in [0.25, 0.3) is 0 Å². The van der Waals surface area contributed by atoms with E-state index in [0.717, 1.165) is 0 Å². The van der Waals surface area contributed by atoms with E-state index in [1.54, 1.807) is 11.8 Å². The lowest BCUT2D eigenvalue weighted by Gasteiger charge is -2.11. The molecule has 88 valence electrons. The summed E-state index contributed by atoms with van der Waals surface area (Å²) in [6, 6.07) is 8.21. The Labute approximate surface area is 101 Å². The summed E-state index contributed by atoms with van der Waals surface area (Å²) in [4.78, 5) is 12.5. The van der Waals surface area contributed by atoms with Crippen molar-refractivity contribution in [2.24, 2.45) is 0 Å². The fourth-order valence-electron chi connectivity index (χ4n) is 1.40. The molecule has 1 unspecified atom stereocenters. The normalized spacial score (nSPS) is 12.2. The number of aryl methyl sites for hydroxylation is 1. The van der Waals surface area contributed by atoms with Crippen molar-refractivity contribution < 1.29 is 9.53 Å². The first kappa shape index (κ1) is 13.1. The van der Waals surface area contributed by atoms with Crippen LogP contribution in [-0.2, 0) is 9.53 Å². The van der Waals surface area contributed by atoms with E-state index in [9.17, 15) is 4.79 Å². The summed E-state index contributed by atoms with van der Waals surface area (Å²) in [7, 11) is 0. The molecule has 1 aromatic carbocycles. The smallest absolute Gasteiger partial charge is 0.306 e. The topological polar surface area (TPSA) is 26.3 Å². The summed E-state index contributed by atoms with van der Waals surface area (Å²) in [5, 5.41) is 0.250. The Balaban J connectivity index is 2.48. The van der Waals surface area contributed by atoms with E-state index in [1.165, 1.54) is 10.5 Å². The molecular formula is C13H18O2S. The van der Waals surface area contributed by atoms with Crippen molar-refractivity contribution >= 4 is 17.7 Å². The Hall–Kier alpha value is -0.960. The SMILES string of the molecule is CCOC(=O)CC(C)Sc1ccccc1C. The average Bonchev–Trinajstić information content (AvgIpc) is 2.21. The van der Waals surface area contributed by atoms with Gasteiger partial charge in [0, 0.05) is 10.1 Å². The van der Waals surface area contributed by atoms with Gasteiger partial charge in [-0.05, 0) is 25.5 Å². The van der Waals surface area contributed by atoms with Gasteiger partial charge in [0.2, 0.25) is 0 Å². The molecule has 0 N–H and O–H groups in total. The van der Waals surface area contributed by atoms with Gasteiger partial charge in [-0.15, -0.1) is 11.8 Å². The fraction of sp³-hybridized carbons (Fsp3) is 0.462. The maximum atomic E-state index is 11.3. The fourth-order valence-corrected chi connectivity index (χ4v) is 2.47. The zero-order chi connectivity index (χ0) is 12.0. The van der Waals surface area contributed by atoms with Gasteiger partial charge >= 0.3 is 5.97 Å². The molecule has 0 aliphatic carbocycles. The van der Waals surface area contributed by atoms with Crippen molar-refractivity contribution in [2.75, 3.05) is 6.61 Å². The van der Waals surface area contributed by atoms with E-state index >= 15 is 0 Å². The van der Waals surface area contributed by atoms with Gasteiger partial charge in [-0.1, -0.05) is 25.1 Å². The molecule has 0 aromatic heterocycles. The van der Waals surface area contributed by atoms with Crippen LogP contribution in [0.15, 0.2) is 29.2 Å². The van der Waals surface area contributed by atoms with Gasteiger partial charge in [0.15, 0.2) is 0 Å². The first-order chi connectivity index (χ1) is 7.63. The summed E-state index contributed by atoms with van der Waals surface area (Å²) >= 11 is 1.72. The van der Waals surface area contributed by atoms with Crippen LogP contribution in [0.3, 0.4) is 0 Å². The van der Waals surface area contributed by atoms with Gasteiger partial charge in [0.1, 0.15) is 0 Å². The summed E-state index contributed by atoms with van der Waals surface area (Å²) in [6.07, 6.45) is 0.465. The van der Waals surface area contributed by atoms with Gasteiger partial charge in [0.05, 0.1) is 13.0 Å². The Morgan fingerprint density at radius 3 is 2.75 bits per heavy atom. The van der Waals surface area contributed by atoms with E-state index in [4.69, 9.17) is 4.74 Å². The molecule has 2 nitrogen and oxygen atoms in total. The number of carbonyl (C=O) groups excluding carboxylic acids is 1. The zero-order valence-electron chi connectivity index (χ0n) is 10.0. The van der Waals surface area contributed by atoms with E-state index in [2.05, 4.69) is 19.1 Å². The molecule has 1 atom stereocenters. The van der Waals surface area contributed by atoms with Gasteiger partial charge in [-0.2, -0.15) is 0 Å². The van der Waals surface area contributed by atoms with Gasteiger partial charge in [0.25, 0.3) is 0 Å². The minimum atomic E-state index is -0.115. The van der Waals surface area contributed by atoms with E-state index in [1.807, 2.05) is 26.0 Å². The highest BCUT2D eigenvalue weighted by molar-refractivity contribution is 8.00. The van der Waals surface area contributed by atoms with Crippen LogP contribution in [0.5, 0.6) is 0 Å². The van der Waals surface area contributed by atoms with Crippen molar-refractivity contribution in [3.8, 4) is 0 Å². The lowest BCUT2D eigenvalue weighted by atomic mass is 10.2. The number of carbonyl (C=O) groups is 1. The molecule has 0 fully saturated rings. The molecule has 0 radical (unpaired) electrons. The summed E-state index contributed by atoms with van der Waals surface area (Å²) in [5.74, 6) is -0.115. The second-order valence-electron chi connectivity index (χ2n) is 3.70. The number of ether oxygens (including phenoxy) is 1. The summed E-state index contributed by atoms with van der Waals surface area (Å²) in [6.45, 7) is 6.42. The predicted octanol–water partition coefficient (Wildman–Crippen LogP) is 3.43. The predicted molar refractivity (Wildman–Crippen MR) is 67.7 cm³/mol. The third kappa shape index (κ3) is 4.27. The van der Waals surface area contributed by atoms with Gasteiger partial charge < -0.3 is 4.74 Å².